The molecule has 1 heterocycles. The molecule has 1 fully saturated rings. The van der Waals surface area contributed by atoms with Gasteiger partial charge in [-0.15, -0.1) is 0 Å². The Morgan fingerprint density at radius 1 is 1.56 bits per heavy atom. The molecule has 1 aliphatic heterocycles. The lowest BCUT2D eigenvalue weighted by Crippen LogP contribution is -2.37. The molecule has 0 bridgehead atoms. The zero-order valence-corrected chi connectivity index (χ0v) is 10.2. The van der Waals surface area contributed by atoms with E-state index in [0.29, 0.717) is 19.0 Å². The monoisotopic (exact) mass is 229 g/mol. The van der Waals surface area contributed by atoms with E-state index >= 15 is 0 Å². The highest BCUT2D eigenvalue weighted by Crippen LogP contribution is 2.03. The molecule has 5 nitrogen and oxygen atoms in total. The normalized spacial score (nSPS) is 18.0. The lowest BCUT2D eigenvalue weighted by Gasteiger charge is -2.17. The molecule has 0 spiro atoms. The number of carbonyl (C=O) groups is 1. The maximum absolute atomic E-state index is 11.2. The van der Waals surface area contributed by atoms with Crippen LogP contribution in [0.3, 0.4) is 0 Å². The van der Waals surface area contributed by atoms with Crippen LogP contribution in [0.1, 0.15) is 20.3 Å². The summed E-state index contributed by atoms with van der Waals surface area (Å²) in [5.41, 5.74) is 0. The Hall–Kier alpha value is -0.810. The van der Waals surface area contributed by atoms with Crippen LogP contribution in [0.15, 0.2) is 0 Å². The van der Waals surface area contributed by atoms with Crippen LogP contribution in [0, 0.1) is 5.92 Å². The van der Waals surface area contributed by atoms with Crippen LogP contribution in [-0.4, -0.2) is 54.9 Å². The molecule has 1 saturated heterocycles. The number of urea groups is 1. The first-order chi connectivity index (χ1) is 7.59. The number of rotatable bonds is 7. The third kappa shape index (κ3) is 4.81. The van der Waals surface area contributed by atoms with Crippen LogP contribution in [-0.2, 0) is 0 Å². The van der Waals surface area contributed by atoms with E-state index in [2.05, 4.69) is 24.5 Å². The van der Waals surface area contributed by atoms with Gasteiger partial charge in [0.25, 0.3) is 0 Å². The van der Waals surface area contributed by atoms with Gasteiger partial charge in [0.1, 0.15) is 0 Å². The average molecular weight is 229 g/mol. The number of aliphatic hydroxyl groups excluding tert-OH is 1. The highest BCUT2D eigenvalue weighted by atomic mass is 16.3. The van der Waals surface area contributed by atoms with E-state index in [4.69, 9.17) is 0 Å². The molecule has 94 valence electrons. The Morgan fingerprint density at radius 3 is 2.88 bits per heavy atom. The SMILES string of the molecule is CC(C)CC(O)CNCCN1CCNC1=O. The smallest absolute Gasteiger partial charge is 0.317 e. The fraction of sp³-hybridized carbons (Fsp3) is 0.909. The second-order valence-corrected chi connectivity index (χ2v) is 4.71. The predicted octanol–water partition coefficient (Wildman–Crippen LogP) is 0.00820. The number of aliphatic hydroxyl groups is 1. The molecule has 0 aromatic rings. The lowest BCUT2D eigenvalue weighted by atomic mass is 10.1. The summed E-state index contributed by atoms with van der Waals surface area (Å²) in [4.78, 5) is 13.0. The van der Waals surface area contributed by atoms with Crippen molar-refractivity contribution in [2.24, 2.45) is 5.92 Å². The van der Waals surface area contributed by atoms with Gasteiger partial charge in [0.05, 0.1) is 6.10 Å². The van der Waals surface area contributed by atoms with E-state index in [0.717, 1.165) is 26.1 Å². The van der Waals surface area contributed by atoms with Crippen molar-refractivity contribution in [2.75, 3.05) is 32.7 Å². The molecule has 0 saturated carbocycles. The number of nitrogens with zero attached hydrogens (tertiary/aromatic N) is 1. The first kappa shape index (κ1) is 13.3. The summed E-state index contributed by atoms with van der Waals surface area (Å²) in [7, 11) is 0. The minimum atomic E-state index is -0.285. The van der Waals surface area contributed by atoms with Gasteiger partial charge in [0.2, 0.25) is 0 Å². The van der Waals surface area contributed by atoms with Crippen molar-refractivity contribution in [1.82, 2.24) is 15.5 Å². The van der Waals surface area contributed by atoms with E-state index in [1.54, 1.807) is 4.90 Å². The number of amides is 2. The largest absolute Gasteiger partial charge is 0.392 e. The van der Waals surface area contributed by atoms with Crippen LogP contribution >= 0.6 is 0 Å². The summed E-state index contributed by atoms with van der Waals surface area (Å²) in [6.07, 6.45) is 0.532. The van der Waals surface area contributed by atoms with Gasteiger partial charge in [-0.2, -0.15) is 0 Å². The van der Waals surface area contributed by atoms with Gasteiger partial charge in [-0.25, -0.2) is 4.79 Å². The molecule has 1 unspecified atom stereocenters. The Bertz CT molecular complexity index is 221. The van der Waals surface area contributed by atoms with Crippen LogP contribution < -0.4 is 10.6 Å². The van der Waals surface area contributed by atoms with E-state index in [1.165, 1.54) is 0 Å². The van der Waals surface area contributed by atoms with Gasteiger partial charge in [0.15, 0.2) is 0 Å². The molecule has 1 rings (SSSR count). The third-order valence-electron chi connectivity index (χ3n) is 2.63. The van der Waals surface area contributed by atoms with E-state index < -0.39 is 0 Å². The summed E-state index contributed by atoms with van der Waals surface area (Å²) >= 11 is 0. The maximum Gasteiger partial charge on any atom is 0.317 e. The van der Waals surface area contributed by atoms with Gasteiger partial charge in [-0.3, -0.25) is 0 Å². The summed E-state index contributed by atoms with van der Waals surface area (Å²) in [5, 5.41) is 15.5. The van der Waals surface area contributed by atoms with Crippen molar-refractivity contribution in [3.05, 3.63) is 0 Å². The second-order valence-electron chi connectivity index (χ2n) is 4.71. The van der Waals surface area contributed by atoms with Gasteiger partial charge in [-0.05, 0) is 12.3 Å². The number of carbonyl (C=O) groups excluding carboxylic acids is 1. The number of hydrogen-bond acceptors (Lipinski definition) is 3. The first-order valence-corrected chi connectivity index (χ1v) is 6.01. The van der Waals surface area contributed by atoms with Gasteiger partial charge >= 0.3 is 6.03 Å². The van der Waals surface area contributed by atoms with Gasteiger partial charge in [-0.1, -0.05) is 13.8 Å². The Morgan fingerprint density at radius 2 is 2.31 bits per heavy atom. The lowest BCUT2D eigenvalue weighted by molar-refractivity contribution is 0.145. The molecular weight excluding hydrogens is 206 g/mol. The molecule has 16 heavy (non-hydrogen) atoms. The highest BCUT2D eigenvalue weighted by Gasteiger charge is 2.18. The molecule has 5 heteroatoms. The van der Waals surface area contributed by atoms with E-state index in [-0.39, 0.29) is 12.1 Å². The number of hydrogen-bond donors (Lipinski definition) is 3. The second kappa shape index (κ2) is 6.70. The third-order valence-corrected chi connectivity index (χ3v) is 2.63. The Kier molecular flexibility index (Phi) is 5.55. The number of nitrogens with one attached hydrogen (secondary N) is 2. The molecular formula is C11H23N3O2. The minimum absolute atomic E-state index is 0.0181. The molecule has 3 N–H and O–H groups in total. The van der Waals surface area contributed by atoms with Crippen molar-refractivity contribution in [2.45, 2.75) is 26.4 Å². The van der Waals surface area contributed by atoms with Crippen LogP contribution in [0.25, 0.3) is 0 Å². The van der Waals surface area contributed by atoms with Crippen molar-refractivity contribution < 1.29 is 9.90 Å². The summed E-state index contributed by atoms with van der Waals surface area (Å²) in [6, 6.07) is 0.0181. The molecule has 0 aliphatic carbocycles. The zero-order valence-electron chi connectivity index (χ0n) is 10.2. The van der Waals surface area contributed by atoms with Crippen molar-refractivity contribution >= 4 is 6.03 Å². The fourth-order valence-corrected chi connectivity index (χ4v) is 1.83. The van der Waals surface area contributed by atoms with Crippen LogP contribution in [0.5, 0.6) is 0 Å². The first-order valence-electron chi connectivity index (χ1n) is 6.01. The van der Waals surface area contributed by atoms with Gasteiger partial charge in [0, 0.05) is 32.7 Å². The summed E-state index contributed by atoms with van der Waals surface area (Å²) in [5.74, 6) is 0.515. The van der Waals surface area contributed by atoms with Crippen LogP contribution in [0.4, 0.5) is 4.79 Å². The predicted molar refractivity (Wildman–Crippen MR) is 63.3 cm³/mol. The zero-order chi connectivity index (χ0) is 12.0. The molecule has 0 aromatic carbocycles. The van der Waals surface area contributed by atoms with Crippen molar-refractivity contribution in [1.29, 1.82) is 0 Å². The highest BCUT2D eigenvalue weighted by molar-refractivity contribution is 5.76. The molecule has 1 aliphatic rings. The Balaban J connectivity index is 2.01. The van der Waals surface area contributed by atoms with Crippen molar-refractivity contribution in [3.8, 4) is 0 Å². The van der Waals surface area contributed by atoms with Crippen LogP contribution in [0.2, 0.25) is 0 Å². The molecule has 2 amide bonds. The molecule has 0 aromatic heterocycles. The molecule has 0 radical (unpaired) electrons. The summed E-state index contributed by atoms with van der Waals surface area (Å²) in [6.45, 7) is 7.77. The minimum Gasteiger partial charge on any atom is -0.392 e. The average Bonchev–Trinajstić information content (AvgIpc) is 2.58. The molecule has 1 atom stereocenters. The van der Waals surface area contributed by atoms with E-state index in [1.807, 2.05) is 0 Å². The summed E-state index contributed by atoms with van der Waals surface area (Å²) < 4.78 is 0. The topological polar surface area (TPSA) is 64.6 Å². The van der Waals surface area contributed by atoms with E-state index in [9.17, 15) is 9.90 Å². The fourth-order valence-electron chi connectivity index (χ4n) is 1.83. The van der Waals surface area contributed by atoms with Crippen molar-refractivity contribution in [3.63, 3.8) is 0 Å². The standard InChI is InChI=1S/C11H23N3O2/c1-9(2)7-10(15)8-12-3-5-14-6-4-13-11(14)16/h9-10,12,15H,3-8H2,1-2H3,(H,13,16). The quantitative estimate of drug-likeness (QED) is 0.539. The Labute approximate surface area is 97.2 Å². The maximum atomic E-state index is 11.2. The van der Waals surface area contributed by atoms with Gasteiger partial charge < -0.3 is 20.6 Å².